The first-order valence-electron chi connectivity index (χ1n) is 4.76. The van der Waals surface area contributed by atoms with Gasteiger partial charge in [0.15, 0.2) is 0 Å². The monoisotopic (exact) mass is 156 g/mol. The molecule has 1 fully saturated rings. The molecule has 0 heterocycles. The van der Waals surface area contributed by atoms with Crippen molar-refractivity contribution in [1.82, 2.24) is 5.32 Å². The van der Waals surface area contributed by atoms with Crippen molar-refractivity contribution in [1.29, 1.82) is 0 Å². The first-order valence-corrected chi connectivity index (χ1v) is 4.76. The third kappa shape index (κ3) is 2.80. The highest BCUT2D eigenvalue weighted by atomic mass is 14.9. The highest BCUT2D eigenvalue weighted by Crippen LogP contribution is 2.27. The number of rotatable bonds is 5. The Bertz CT molecular complexity index is 108. The predicted molar refractivity (Wildman–Crippen MR) is 48.5 cm³/mol. The zero-order chi connectivity index (χ0) is 8.16. The average molecular weight is 156 g/mol. The van der Waals surface area contributed by atoms with E-state index in [1.54, 1.807) is 0 Å². The number of hydrogen-bond donors (Lipinski definition) is 2. The van der Waals surface area contributed by atoms with Crippen molar-refractivity contribution in [2.45, 2.75) is 44.6 Å². The van der Waals surface area contributed by atoms with Crippen LogP contribution in [0.25, 0.3) is 0 Å². The molecule has 0 aromatic carbocycles. The Morgan fingerprint density at radius 1 is 1.45 bits per heavy atom. The van der Waals surface area contributed by atoms with Gasteiger partial charge in [-0.1, -0.05) is 13.3 Å². The number of nitrogens with two attached hydrogens (primary N) is 1. The Morgan fingerprint density at radius 3 is 2.64 bits per heavy atom. The fourth-order valence-electron chi connectivity index (χ4n) is 1.45. The molecule has 1 aliphatic carbocycles. The summed E-state index contributed by atoms with van der Waals surface area (Å²) in [7, 11) is 0. The summed E-state index contributed by atoms with van der Waals surface area (Å²) in [6.45, 7) is 4.37. The summed E-state index contributed by atoms with van der Waals surface area (Å²) >= 11 is 0. The third-order valence-electron chi connectivity index (χ3n) is 2.53. The molecule has 0 bridgehead atoms. The van der Waals surface area contributed by atoms with Crippen LogP contribution in [0.3, 0.4) is 0 Å². The first kappa shape index (κ1) is 9.01. The molecular weight excluding hydrogens is 136 g/mol. The lowest BCUT2D eigenvalue weighted by Crippen LogP contribution is -2.54. The smallest absolute Gasteiger partial charge is 0.0280 e. The van der Waals surface area contributed by atoms with Crippen LogP contribution < -0.4 is 11.1 Å². The topological polar surface area (TPSA) is 38.0 Å². The minimum Gasteiger partial charge on any atom is -0.324 e. The van der Waals surface area contributed by atoms with Crippen molar-refractivity contribution < 1.29 is 0 Å². The quantitative estimate of drug-likeness (QED) is 0.588. The molecular formula is C9H20N2. The van der Waals surface area contributed by atoms with Crippen LogP contribution in [0.5, 0.6) is 0 Å². The summed E-state index contributed by atoms with van der Waals surface area (Å²) in [6.07, 6.45) is 6.30. The maximum atomic E-state index is 6.02. The van der Waals surface area contributed by atoms with Crippen molar-refractivity contribution in [3.63, 3.8) is 0 Å². The van der Waals surface area contributed by atoms with E-state index in [4.69, 9.17) is 5.73 Å². The van der Waals surface area contributed by atoms with Gasteiger partial charge in [0.2, 0.25) is 0 Å². The fraction of sp³-hybridized carbons (Fsp3) is 1.00. The molecule has 2 heteroatoms. The highest BCUT2D eigenvalue weighted by molar-refractivity contribution is 4.94. The molecule has 0 unspecified atom stereocenters. The summed E-state index contributed by atoms with van der Waals surface area (Å²) in [5, 5.41) is 3.40. The maximum absolute atomic E-state index is 6.02. The van der Waals surface area contributed by atoms with Crippen molar-refractivity contribution >= 4 is 0 Å². The van der Waals surface area contributed by atoms with E-state index in [-0.39, 0.29) is 5.54 Å². The average Bonchev–Trinajstić information content (AvgIpc) is 1.95. The predicted octanol–water partition coefficient (Wildman–Crippen LogP) is 1.26. The second-order valence-corrected chi connectivity index (χ2v) is 3.75. The molecule has 0 spiro atoms. The molecule has 0 amide bonds. The van der Waals surface area contributed by atoms with Crippen LogP contribution in [0.15, 0.2) is 0 Å². The van der Waals surface area contributed by atoms with Gasteiger partial charge in [-0.3, -0.25) is 0 Å². The lowest BCUT2D eigenvalue weighted by Gasteiger charge is -2.38. The van der Waals surface area contributed by atoms with Crippen molar-refractivity contribution in [3.8, 4) is 0 Å². The Morgan fingerprint density at radius 2 is 2.18 bits per heavy atom. The molecule has 0 atom stereocenters. The lowest BCUT2D eigenvalue weighted by atomic mass is 9.78. The van der Waals surface area contributed by atoms with Crippen LogP contribution in [0.4, 0.5) is 0 Å². The van der Waals surface area contributed by atoms with Crippen LogP contribution in [0.2, 0.25) is 0 Å². The van der Waals surface area contributed by atoms with Crippen LogP contribution in [0.1, 0.15) is 39.0 Å². The van der Waals surface area contributed by atoms with Gasteiger partial charge in [-0.25, -0.2) is 0 Å². The van der Waals surface area contributed by atoms with E-state index in [9.17, 15) is 0 Å². The Labute approximate surface area is 69.5 Å². The maximum Gasteiger partial charge on any atom is 0.0280 e. The number of unbranched alkanes of at least 4 members (excludes halogenated alkanes) is 1. The van der Waals surface area contributed by atoms with Crippen molar-refractivity contribution in [2.24, 2.45) is 5.73 Å². The number of nitrogens with one attached hydrogen (secondary N) is 1. The first-order chi connectivity index (χ1) is 5.27. The van der Waals surface area contributed by atoms with E-state index in [0.717, 1.165) is 13.1 Å². The molecule has 11 heavy (non-hydrogen) atoms. The minimum atomic E-state index is 0.160. The molecule has 2 nitrogen and oxygen atoms in total. The van der Waals surface area contributed by atoms with Crippen molar-refractivity contribution in [3.05, 3.63) is 0 Å². The van der Waals surface area contributed by atoms with E-state index in [1.807, 2.05) is 0 Å². The van der Waals surface area contributed by atoms with E-state index >= 15 is 0 Å². The Kier molecular flexibility index (Phi) is 3.34. The molecule has 0 radical (unpaired) electrons. The standard InChI is InChI=1S/C9H20N2/c1-2-3-7-11-8-9(10)5-4-6-9/h11H,2-8,10H2,1H3. The zero-order valence-corrected chi connectivity index (χ0v) is 7.53. The summed E-state index contributed by atoms with van der Waals surface area (Å²) in [5.74, 6) is 0. The molecule has 1 rings (SSSR count). The van der Waals surface area contributed by atoms with Gasteiger partial charge in [-0.05, 0) is 32.2 Å². The van der Waals surface area contributed by atoms with Gasteiger partial charge in [0.05, 0.1) is 0 Å². The van der Waals surface area contributed by atoms with Gasteiger partial charge in [-0.15, -0.1) is 0 Å². The highest BCUT2D eigenvalue weighted by Gasteiger charge is 2.31. The summed E-state index contributed by atoms with van der Waals surface area (Å²) in [5.41, 5.74) is 6.18. The summed E-state index contributed by atoms with van der Waals surface area (Å²) < 4.78 is 0. The van der Waals surface area contributed by atoms with E-state index < -0.39 is 0 Å². The van der Waals surface area contributed by atoms with E-state index in [1.165, 1.54) is 32.1 Å². The van der Waals surface area contributed by atoms with Gasteiger partial charge in [0.1, 0.15) is 0 Å². The van der Waals surface area contributed by atoms with Gasteiger partial charge in [0, 0.05) is 12.1 Å². The van der Waals surface area contributed by atoms with Crippen LogP contribution >= 0.6 is 0 Å². The molecule has 0 saturated heterocycles. The molecule has 0 aliphatic heterocycles. The summed E-state index contributed by atoms with van der Waals surface area (Å²) in [6, 6.07) is 0. The van der Waals surface area contributed by atoms with Gasteiger partial charge >= 0.3 is 0 Å². The van der Waals surface area contributed by atoms with Crippen molar-refractivity contribution in [2.75, 3.05) is 13.1 Å². The third-order valence-corrected chi connectivity index (χ3v) is 2.53. The molecule has 1 saturated carbocycles. The lowest BCUT2D eigenvalue weighted by molar-refractivity contribution is 0.239. The van der Waals surface area contributed by atoms with Crippen LogP contribution in [0, 0.1) is 0 Å². The van der Waals surface area contributed by atoms with E-state index in [2.05, 4.69) is 12.2 Å². The SMILES string of the molecule is CCCCNCC1(N)CCC1. The van der Waals surface area contributed by atoms with Crippen LogP contribution in [-0.2, 0) is 0 Å². The molecule has 0 aromatic rings. The largest absolute Gasteiger partial charge is 0.324 e. The van der Waals surface area contributed by atoms with Gasteiger partial charge < -0.3 is 11.1 Å². The minimum absolute atomic E-state index is 0.160. The number of hydrogen-bond acceptors (Lipinski definition) is 2. The van der Waals surface area contributed by atoms with Gasteiger partial charge in [0.25, 0.3) is 0 Å². The Balaban J connectivity index is 1.94. The van der Waals surface area contributed by atoms with Gasteiger partial charge in [-0.2, -0.15) is 0 Å². The molecule has 1 aliphatic rings. The summed E-state index contributed by atoms with van der Waals surface area (Å²) in [4.78, 5) is 0. The normalized spacial score (nSPS) is 21.3. The molecule has 66 valence electrons. The zero-order valence-electron chi connectivity index (χ0n) is 7.53. The molecule has 3 N–H and O–H groups in total. The second kappa shape index (κ2) is 4.07. The van der Waals surface area contributed by atoms with E-state index in [0.29, 0.717) is 0 Å². The second-order valence-electron chi connectivity index (χ2n) is 3.75. The Hall–Kier alpha value is -0.0800. The van der Waals surface area contributed by atoms with Crippen LogP contribution in [-0.4, -0.2) is 18.6 Å². The molecule has 0 aromatic heterocycles. The fourth-order valence-corrected chi connectivity index (χ4v) is 1.45.